The summed E-state index contributed by atoms with van der Waals surface area (Å²) in [6.45, 7) is 2.36. The minimum atomic E-state index is -0.379. The molecule has 7 heteroatoms. The second-order valence-corrected chi connectivity index (χ2v) is 6.91. The smallest absolute Gasteiger partial charge is 0.261 e. The van der Waals surface area contributed by atoms with Crippen LogP contribution in [-0.4, -0.2) is 54.2 Å². The van der Waals surface area contributed by atoms with Crippen molar-refractivity contribution >= 4 is 17.7 Å². The number of benzene rings is 1. The van der Waals surface area contributed by atoms with Crippen LogP contribution in [-0.2, 0) is 0 Å². The molecule has 0 aliphatic carbocycles. The molecule has 7 nitrogen and oxygen atoms in total. The molecule has 0 bridgehead atoms. The maximum absolute atomic E-state index is 12.6. The van der Waals surface area contributed by atoms with Gasteiger partial charge < -0.3 is 9.73 Å². The van der Waals surface area contributed by atoms with E-state index in [0.717, 1.165) is 36.6 Å². The lowest BCUT2D eigenvalue weighted by atomic mass is 10.1. The number of amides is 3. The van der Waals surface area contributed by atoms with Crippen LogP contribution in [0.2, 0.25) is 0 Å². The van der Waals surface area contributed by atoms with E-state index in [1.807, 2.05) is 12.1 Å². The van der Waals surface area contributed by atoms with E-state index < -0.39 is 0 Å². The third-order valence-electron chi connectivity index (χ3n) is 5.26. The molecule has 1 atom stereocenters. The van der Waals surface area contributed by atoms with Gasteiger partial charge in [-0.1, -0.05) is 0 Å². The van der Waals surface area contributed by atoms with Crippen molar-refractivity contribution in [3.05, 3.63) is 59.0 Å². The van der Waals surface area contributed by atoms with Crippen molar-refractivity contribution in [3.8, 4) is 0 Å². The summed E-state index contributed by atoms with van der Waals surface area (Å²) in [6.07, 6.45) is 3.92. The predicted molar refractivity (Wildman–Crippen MR) is 97.5 cm³/mol. The quantitative estimate of drug-likeness (QED) is 0.818. The summed E-state index contributed by atoms with van der Waals surface area (Å²) in [5, 5.41) is 2.94. The second-order valence-electron chi connectivity index (χ2n) is 6.91. The van der Waals surface area contributed by atoms with Crippen LogP contribution in [0.15, 0.2) is 41.0 Å². The number of carbonyl (C=O) groups is 3. The van der Waals surface area contributed by atoms with Gasteiger partial charge in [0.05, 0.1) is 23.4 Å². The molecular formula is C20H21N3O4. The summed E-state index contributed by atoms with van der Waals surface area (Å²) in [6, 6.07) is 8.36. The standard InChI is InChI=1S/C20H21N3O4/c1-22-19(25)14-7-6-13(11-15(14)20(22)26)18(24)21-12-16(17-5-4-10-27-17)23-8-2-3-9-23/h4-7,10-11,16H,2-3,8-9,12H2,1H3,(H,21,24). The maximum Gasteiger partial charge on any atom is 0.261 e. The topological polar surface area (TPSA) is 82.9 Å². The van der Waals surface area contributed by atoms with Crippen LogP contribution >= 0.6 is 0 Å². The molecule has 2 aliphatic heterocycles. The number of carbonyl (C=O) groups excluding carboxylic acids is 3. The lowest BCUT2D eigenvalue weighted by Crippen LogP contribution is -2.36. The molecule has 1 aromatic carbocycles. The normalized spacial score (nSPS) is 18.0. The SMILES string of the molecule is CN1C(=O)c2ccc(C(=O)NCC(c3ccco3)N3CCCC3)cc2C1=O. The Morgan fingerprint density at radius 3 is 2.59 bits per heavy atom. The molecular weight excluding hydrogens is 346 g/mol. The van der Waals surface area contributed by atoms with Crippen molar-refractivity contribution in [2.75, 3.05) is 26.7 Å². The molecule has 1 N–H and O–H groups in total. The van der Waals surface area contributed by atoms with Gasteiger partial charge in [0.25, 0.3) is 17.7 Å². The number of imide groups is 1. The summed E-state index contributed by atoms with van der Waals surface area (Å²) < 4.78 is 5.56. The summed E-state index contributed by atoms with van der Waals surface area (Å²) in [7, 11) is 1.44. The summed E-state index contributed by atoms with van der Waals surface area (Å²) in [5.74, 6) is -0.166. The highest BCUT2D eigenvalue weighted by Gasteiger charge is 2.33. The van der Waals surface area contributed by atoms with Crippen molar-refractivity contribution in [2.45, 2.75) is 18.9 Å². The van der Waals surface area contributed by atoms with Gasteiger partial charge in [-0.3, -0.25) is 24.2 Å². The third-order valence-corrected chi connectivity index (χ3v) is 5.26. The Hall–Kier alpha value is -2.93. The fourth-order valence-electron chi connectivity index (χ4n) is 3.74. The fraction of sp³-hybridized carbons (Fsp3) is 0.350. The van der Waals surface area contributed by atoms with E-state index in [4.69, 9.17) is 4.42 Å². The van der Waals surface area contributed by atoms with E-state index in [9.17, 15) is 14.4 Å². The molecule has 27 heavy (non-hydrogen) atoms. The largest absolute Gasteiger partial charge is 0.468 e. The number of rotatable bonds is 5. The van der Waals surface area contributed by atoms with E-state index in [1.54, 1.807) is 18.4 Å². The number of hydrogen-bond donors (Lipinski definition) is 1. The molecule has 3 heterocycles. The van der Waals surface area contributed by atoms with Crippen LogP contribution in [0.5, 0.6) is 0 Å². The molecule has 0 radical (unpaired) electrons. The summed E-state index contributed by atoms with van der Waals surface area (Å²) in [4.78, 5) is 40.1. The second kappa shape index (κ2) is 7.00. The molecule has 140 valence electrons. The highest BCUT2D eigenvalue weighted by Crippen LogP contribution is 2.26. The van der Waals surface area contributed by atoms with Gasteiger partial charge in [0.15, 0.2) is 0 Å². The molecule has 1 fully saturated rings. The zero-order valence-corrected chi connectivity index (χ0v) is 15.1. The van der Waals surface area contributed by atoms with Crippen molar-refractivity contribution in [3.63, 3.8) is 0 Å². The van der Waals surface area contributed by atoms with Crippen molar-refractivity contribution in [1.29, 1.82) is 0 Å². The van der Waals surface area contributed by atoms with Gasteiger partial charge in [0.1, 0.15) is 5.76 Å². The van der Waals surface area contributed by atoms with Gasteiger partial charge in [-0.25, -0.2) is 0 Å². The van der Waals surface area contributed by atoms with Crippen LogP contribution < -0.4 is 5.32 Å². The first-order valence-corrected chi connectivity index (χ1v) is 9.08. The van der Waals surface area contributed by atoms with Gasteiger partial charge >= 0.3 is 0 Å². The molecule has 3 amide bonds. The summed E-state index contributed by atoms with van der Waals surface area (Å²) >= 11 is 0. The molecule has 1 saturated heterocycles. The molecule has 1 unspecified atom stereocenters. The van der Waals surface area contributed by atoms with Crippen LogP contribution in [0.4, 0.5) is 0 Å². The summed E-state index contributed by atoms with van der Waals surface area (Å²) in [5.41, 5.74) is 0.978. The molecule has 0 saturated carbocycles. The average Bonchev–Trinajstić information content (AvgIpc) is 3.43. The number of hydrogen-bond acceptors (Lipinski definition) is 5. The third kappa shape index (κ3) is 3.14. The number of fused-ring (bicyclic) bond motifs is 1. The van der Waals surface area contributed by atoms with E-state index in [2.05, 4.69) is 10.2 Å². The van der Waals surface area contributed by atoms with Gasteiger partial charge in [-0.05, 0) is 56.3 Å². The van der Waals surface area contributed by atoms with Crippen LogP contribution in [0.3, 0.4) is 0 Å². The Morgan fingerprint density at radius 2 is 1.89 bits per heavy atom. The number of nitrogens with one attached hydrogen (secondary N) is 1. The highest BCUT2D eigenvalue weighted by molar-refractivity contribution is 6.21. The van der Waals surface area contributed by atoms with Crippen molar-refractivity contribution in [1.82, 2.24) is 15.1 Å². The average molecular weight is 367 g/mol. The van der Waals surface area contributed by atoms with Crippen LogP contribution in [0.25, 0.3) is 0 Å². The monoisotopic (exact) mass is 367 g/mol. The Bertz CT molecular complexity index is 885. The first-order valence-electron chi connectivity index (χ1n) is 9.08. The maximum atomic E-state index is 12.6. The van der Waals surface area contributed by atoms with Crippen LogP contribution in [0, 0.1) is 0 Å². The lowest BCUT2D eigenvalue weighted by Gasteiger charge is -2.26. The Morgan fingerprint density at radius 1 is 1.15 bits per heavy atom. The van der Waals surface area contributed by atoms with E-state index in [1.165, 1.54) is 13.1 Å². The van der Waals surface area contributed by atoms with Crippen molar-refractivity contribution in [2.24, 2.45) is 0 Å². The van der Waals surface area contributed by atoms with E-state index >= 15 is 0 Å². The van der Waals surface area contributed by atoms with Gasteiger partial charge in [0, 0.05) is 19.2 Å². The zero-order chi connectivity index (χ0) is 19.0. The van der Waals surface area contributed by atoms with Gasteiger partial charge in [0.2, 0.25) is 0 Å². The molecule has 2 aromatic rings. The molecule has 2 aliphatic rings. The Labute approximate surface area is 156 Å². The Balaban J connectivity index is 1.49. The first kappa shape index (κ1) is 17.5. The molecule has 0 spiro atoms. The minimum Gasteiger partial charge on any atom is -0.468 e. The molecule has 4 rings (SSSR count). The zero-order valence-electron chi connectivity index (χ0n) is 15.1. The van der Waals surface area contributed by atoms with Gasteiger partial charge in [-0.2, -0.15) is 0 Å². The van der Waals surface area contributed by atoms with Gasteiger partial charge in [-0.15, -0.1) is 0 Å². The first-order chi connectivity index (χ1) is 13.1. The number of likely N-dealkylation sites (tertiary alicyclic amines) is 1. The highest BCUT2D eigenvalue weighted by atomic mass is 16.3. The molecule has 1 aromatic heterocycles. The minimum absolute atomic E-state index is 0.0183. The predicted octanol–water partition coefficient (Wildman–Crippen LogP) is 2.07. The number of furan rings is 1. The fourth-order valence-corrected chi connectivity index (χ4v) is 3.74. The van der Waals surface area contributed by atoms with Crippen molar-refractivity contribution < 1.29 is 18.8 Å². The number of nitrogens with zero attached hydrogens (tertiary/aromatic N) is 2. The Kier molecular flexibility index (Phi) is 4.53. The van der Waals surface area contributed by atoms with E-state index in [0.29, 0.717) is 17.7 Å². The lowest BCUT2D eigenvalue weighted by molar-refractivity contribution is 0.0693. The van der Waals surface area contributed by atoms with E-state index in [-0.39, 0.29) is 29.3 Å². The van der Waals surface area contributed by atoms with Crippen LogP contribution in [0.1, 0.15) is 55.7 Å².